The molecule has 84 valence electrons. The maximum atomic E-state index is 11.7. The van der Waals surface area contributed by atoms with Crippen LogP contribution in [0, 0.1) is 11.8 Å². The van der Waals surface area contributed by atoms with E-state index in [2.05, 4.69) is 6.58 Å². The van der Waals surface area contributed by atoms with Crippen molar-refractivity contribution in [3.05, 3.63) is 12.2 Å². The standard InChI is InChI=1S/C13H20O2/c1-9-3-7-12(8-4-9)15-13(14)10(2)11-5-6-11/h10-12H,1,3-8H2,2H3. The number of allylic oxidation sites excluding steroid dienone is 1. The molecule has 1 unspecified atom stereocenters. The fraction of sp³-hybridized carbons (Fsp3) is 0.769. The van der Waals surface area contributed by atoms with Crippen LogP contribution in [0.15, 0.2) is 12.2 Å². The third-order valence-corrected chi connectivity index (χ3v) is 3.62. The van der Waals surface area contributed by atoms with E-state index in [0.717, 1.165) is 25.7 Å². The van der Waals surface area contributed by atoms with Crippen molar-refractivity contribution in [3.63, 3.8) is 0 Å². The van der Waals surface area contributed by atoms with Crippen LogP contribution in [-0.2, 0) is 9.53 Å². The lowest BCUT2D eigenvalue weighted by atomic mass is 9.93. The molecule has 2 fully saturated rings. The lowest BCUT2D eigenvalue weighted by molar-refractivity contribution is -0.155. The number of carbonyl (C=O) groups excluding carboxylic acids is 1. The fourth-order valence-electron chi connectivity index (χ4n) is 2.18. The first-order valence-corrected chi connectivity index (χ1v) is 6.04. The van der Waals surface area contributed by atoms with Crippen LogP contribution in [0.25, 0.3) is 0 Å². The van der Waals surface area contributed by atoms with Gasteiger partial charge >= 0.3 is 5.97 Å². The summed E-state index contributed by atoms with van der Waals surface area (Å²) < 4.78 is 5.52. The molecular weight excluding hydrogens is 188 g/mol. The fourth-order valence-corrected chi connectivity index (χ4v) is 2.18. The van der Waals surface area contributed by atoms with Gasteiger partial charge in [0.25, 0.3) is 0 Å². The molecule has 0 aromatic heterocycles. The monoisotopic (exact) mass is 208 g/mol. The SMILES string of the molecule is C=C1CCC(OC(=O)C(C)C2CC2)CC1. The third-order valence-electron chi connectivity index (χ3n) is 3.62. The highest BCUT2D eigenvalue weighted by Crippen LogP contribution is 2.37. The Morgan fingerprint density at radius 2 is 1.93 bits per heavy atom. The normalized spacial score (nSPS) is 25.0. The van der Waals surface area contributed by atoms with Gasteiger partial charge in [-0.05, 0) is 44.4 Å². The van der Waals surface area contributed by atoms with E-state index < -0.39 is 0 Å². The van der Waals surface area contributed by atoms with Crippen LogP contribution in [-0.4, -0.2) is 12.1 Å². The first-order chi connectivity index (χ1) is 7.16. The van der Waals surface area contributed by atoms with Gasteiger partial charge in [0.15, 0.2) is 0 Å². The largest absolute Gasteiger partial charge is 0.462 e. The molecule has 0 amide bonds. The summed E-state index contributed by atoms with van der Waals surface area (Å²) in [6.07, 6.45) is 6.56. The van der Waals surface area contributed by atoms with Crippen molar-refractivity contribution < 1.29 is 9.53 Å². The van der Waals surface area contributed by atoms with Crippen LogP contribution >= 0.6 is 0 Å². The molecule has 2 heteroatoms. The summed E-state index contributed by atoms with van der Waals surface area (Å²) in [6, 6.07) is 0. The minimum Gasteiger partial charge on any atom is -0.462 e. The van der Waals surface area contributed by atoms with E-state index in [4.69, 9.17) is 4.74 Å². The second kappa shape index (κ2) is 4.38. The molecule has 0 aromatic rings. The minimum absolute atomic E-state index is 0.0232. The van der Waals surface area contributed by atoms with Gasteiger partial charge in [-0.1, -0.05) is 19.1 Å². The van der Waals surface area contributed by atoms with E-state index in [1.165, 1.54) is 18.4 Å². The van der Waals surface area contributed by atoms with Gasteiger partial charge in [0.05, 0.1) is 5.92 Å². The summed E-state index contributed by atoms with van der Waals surface area (Å²) >= 11 is 0. The molecule has 2 saturated carbocycles. The molecular formula is C13H20O2. The van der Waals surface area contributed by atoms with E-state index in [1.54, 1.807) is 0 Å². The number of rotatable bonds is 3. The second-order valence-electron chi connectivity index (χ2n) is 5.01. The topological polar surface area (TPSA) is 26.3 Å². The second-order valence-corrected chi connectivity index (χ2v) is 5.01. The van der Waals surface area contributed by atoms with Gasteiger partial charge in [-0.15, -0.1) is 0 Å². The number of hydrogen-bond donors (Lipinski definition) is 0. The van der Waals surface area contributed by atoms with Gasteiger partial charge < -0.3 is 4.74 Å². The van der Waals surface area contributed by atoms with Gasteiger partial charge in [0, 0.05) is 0 Å². The highest BCUT2D eigenvalue weighted by molar-refractivity contribution is 5.73. The molecule has 0 heterocycles. The zero-order chi connectivity index (χ0) is 10.8. The van der Waals surface area contributed by atoms with Gasteiger partial charge in [-0.3, -0.25) is 4.79 Å². The predicted octanol–water partition coefficient (Wildman–Crippen LogP) is 3.07. The average Bonchev–Trinajstić information content (AvgIpc) is 3.04. The molecule has 15 heavy (non-hydrogen) atoms. The lowest BCUT2D eigenvalue weighted by Gasteiger charge is -2.24. The smallest absolute Gasteiger partial charge is 0.309 e. The molecule has 1 atom stereocenters. The minimum atomic E-state index is 0.0232. The first-order valence-electron chi connectivity index (χ1n) is 6.04. The zero-order valence-corrected chi connectivity index (χ0v) is 9.50. The van der Waals surface area contributed by atoms with E-state index in [1.807, 2.05) is 6.92 Å². The summed E-state index contributed by atoms with van der Waals surface area (Å²) in [5.74, 6) is 0.751. The Hall–Kier alpha value is -0.790. The van der Waals surface area contributed by atoms with E-state index in [9.17, 15) is 4.79 Å². The van der Waals surface area contributed by atoms with Crippen molar-refractivity contribution in [1.29, 1.82) is 0 Å². The Labute approximate surface area is 91.7 Å². The Kier molecular flexibility index (Phi) is 3.13. The predicted molar refractivity (Wildman–Crippen MR) is 59.4 cm³/mol. The van der Waals surface area contributed by atoms with Crippen molar-refractivity contribution in [2.45, 2.75) is 51.6 Å². The van der Waals surface area contributed by atoms with Crippen LogP contribution in [0.3, 0.4) is 0 Å². The Bertz CT molecular complexity index is 256. The molecule has 2 aliphatic rings. The average molecular weight is 208 g/mol. The maximum Gasteiger partial charge on any atom is 0.309 e. The van der Waals surface area contributed by atoms with Crippen molar-refractivity contribution >= 4 is 5.97 Å². The zero-order valence-electron chi connectivity index (χ0n) is 9.50. The Morgan fingerprint density at radius 3 is 2.47 bits per heavy atom. The summed E-state index contributed by atoms with van der Waals surface area (Å²) in [5, 5.41) is 0. The van der Waals surface area contributed by atoms with Gasteiger partial charge in [0.1, 0.15) is 6.10 Å². The molecule has 0 spiro atoms. The van der Waals surface area contributed by atoms with Crippen molar-refractivity contribution in [2.75, 3.05) is 0 Å². The third kappa shape index (κ3) is 2.83. The number of esters is 1. The maximum absolute atomic E-state index is 11.7. The number of carbonyl (C=O) groups is 1. The van der Waals surface area contributed by atoms with Crippen LogP contribution in [0.5, 0.6) is 0 Å². The van der Waals surface area contributed by atoms with E-state index >= 15 is 0 Å². The summed E-state index contributed by atoms with van der Waals surface area (Å²) in [7, 11) is 0. The molecule has 2 aliphatic carbocycles. The molecule has 2 rings (SSSR count). The van der Waals surface area contributed by atoms with Crippen LogP contribution in [0.4, 0.5) is 0 Å². The highest BCUT2D eigenvalue weighted by atomic mass is 16.5. The molecule has 0 bridgehead atoms. The number of ether oxygens (including phenoxy) is 1. The Morgan fingerprint density at radius 1 is 1.33 bits per heavy atom. The van der Waals surface area contributed by atoms with E-state index in [0.29, 0.717) is 5.92 Å². The van der Waals surface area contributed by atoms with E-state index in [-0.39, 0.29) is 18.0 Å². The molecule has 0 aliphatic heterocycles. The quantitative estimate of drug-likeness (QED) is 0.526. The van der Waals surface area contributed by atoms with Crippen LogP contribution in [0.1, 0.15) is 45.4 Å². The number of hydrogen-bond acceptors (Lipinski definition) is 2. The highest BCUT2D eigenvalue weighted by Gasteiger charge is 2.34. The summed E-state index contributed by atoms with van der Waals surface area (Å²) in [6.45, 7) is 5.96. The van der Waals surface area contributed by atoms with Gasteiger partial charge in [0.2, 0.25) is 0 Å². The van der Waals surface area contributed by atoms with Gasteiger partial charge in [-0.2, -0.15) is 0 Å². The molecule has 0 radical (unpaired) electrons. The first kappa shape index (κ1) is 10.7. The Balaban J connectivity index is 1.75. The molecule has 0 aromatic carbocycles. The summed E-state index contributed by atoms with van der Waals surface area (Å²) in [5.41, 5.74) is 1.30. The van der Waals surface area contributed by atoms with Crippen molar-refractivity contribution in [1.82, 2.24) is 0 Å². The van der Waals surface area contributed by atoms with Crippen molar-refractivity contribution in [3.8, 4) is 0 Å². The molecule has 0 saturated heterocycles. The lowest BCUT2D eigenvalue weighted by Crippen LogP contribution is -2.25. The summed E-state index contributed by atoms with van der Waals surface area (Å²) in [4.78, 5) is 11.7. The molecule has 0 N–H and O–H groups in total. The van der Waals surface area contributed by atoms with Crippen LogP contribution in [0.2, 0.25) is 0 Å². The van der Waals surface area contributed by atoms with Crippen molar-refractivity contribution in [2.24, 2.45) is 11.8 Å². The van der Waals surface area contributed by atoms with Crippen LogP contribution < -0.4 is 0 Å². The molecule has 2 nitrogen and oxygen atoms in total. The van der Waals surface area contributed by atoms with Gasteiger partial charge in [-0.25, -0.2) is 0 Å².